The van der Waals surface area contributed by atoms with Gasteiger partial charge < -0.3 is 9.88 Å². The van der Waals surface area contributed by atoms with E-state index in [1.165, 1.54) is 11.3 Å². The normalized spacial score (nSPS) is 10.1. The molecule has 0 atom stereocenters. The predicted molar refractivity (Wildman–Crippen MR) is 82.5 cm³/mol. The van der Waals surface area contributed by atoms with Crippen molar-refractivity contribution in [2.75, 3.05) is 5.32 Å². The Balaban J connectivity index is 1.96. The summed E-state index contributed by atoms with van der Waals surface area (Å²) in [5.74, 6) is -0.158. The lowest BCUT2D eigenvalue weighted by Crippen LogP contribution is -2.20. The van der Waals surface area contributed by atoms with E-state index in [1.54, 1.807) is 28.8 Å². The molecule has 1 heterocycles. The number of nitrogens with zero attached hydrogens (tertiary/aromatic N) is 2. The number of aryl methyl sites for hydroxylation is 1. The number of carbonyl (C=O) groups excluding carboxylic acids is 1. The van der Waals surface area contributed by atoms with Crippen molar-refractivity contribution in [3.63, 3.8) is 0 Å². The molecule has 0 aliphatic rings. The molecule has 0 unspecified atom stereocenters. The Hall–Kier alpha value is -2.39. The minimum atomic E-state index is -0.158. The number of thiazole rings is 1. The SMILES string of the molecule is Cc1sc(=O)n(CCC(=O)Nc2ccc(C#N)cc2)c1C. The van der Waals surface area contributed by atoms with Crippen molar-refractivity contribution in [1.82, 2.24) is 4.57 Å². The minimum Gasteiger partial charge on any atom is -0.326 e. The standard InChI is InChI=1S/C15H15N3O2S/c1-10-11(2)21-15(20)18(10)8-7-14(19)17-13-5-3-12(9-16)4-6-13/h3-6H,7-8H2,1-2H3,(H,17,19). The summed E-state index contributed by atoms with van der Waals surface area (Å²) in [6.07, 6.45) is 0.233. The fourth-order valence-corrected chi connectivity index (χ4v) is 2.77. The molecular formula is C15H15N3O2S. The van der Waals surface area contributed by atoms with Crippen LogP contribution in [0.1, 0.15) is 22.6 Å². The Morgan fingerprint density at radius 2 is 2.00 bits per heavy atom. The first kappa shape index (κ1) is 15.0. The Morgan fingerprint density at radius 3 is 2.52 bits per heavy atom. The molecule has 21 heavy (non-hydrogen) atoms. The Bertz CT molecular complexity index is 751. The van der Waals surface area contributed by atoms with E-state index in [2.05, 4.69) is 5.32 Å². The van der Waals surface area contributed by atoms with Crippen LogP contribution < -0.4 is 10.2 Å². The van der Waals surface area contributed by atoms with Gasteiger partial charge in [-0.25, -0.2) is 0 Å². The number of nitriles is 1. The van der Waals surface area contributed by atoms with E-state index >= 15 is 0 Å². The summed E-state index contributed by atoms with van der Waals surface area (Å²) in [5, 5.41) is 11.5. The van der Waals surface area contributed by atoms with Gasteiger partial charge in [-0.15, -0.1) is 0 Å². The average molecular weight is 301 g/mol. The second kappa shape index (κ2) is 6.37. The Kier molecular flexibility index (Phi) is 4.55. The van der Waals surface area contributed by atoms with Gasteiger partial charge in [-0.3, -0.25) is 9.59 Å². The van der Waals surface area contributed by atoms with Crippen LogP contribution in [-0.2, 0) is 11.3 Å². The van der Waals surface area contributed by atoms with Crippen molar-refractivity contribution in [3.05, 3.63) is 50.1 Å². The van der Waals surface area contributed by atoms with Crippen LogP contribution in [0.4, 0.5) is 5.69 Å². The van der Waals surface area contributed by atoms with Crippen molar-refractivity contribution in [2.45, 2.75) is 26.8 Å². The highest BCUT2D eigenvalue weighted by molar-refractivity contribution is 7.09. The topological polar surface area (TPSA) is 74.9 Å². The third kappa shape index (κ3) is 3.58. The number of rotatable bonds is 4. The molecule has 1 amide bonds. The predicted octanol–water partition coefficient (Wildman–Crippen LogP) is 2.43. The van der Waals surface area contributed by atoms with E-state index in [9.17, 15) is 9.59 Å². The zero-order chi connectivity index (χ0) is 15.4. The molecule has 5 nitrogen and oxygen atoms in total. The van der Waals surface area contributed by atoms with E-state index < -0.39 is 0 Å². The molecule has 2 aromatic rings. The van der Waals surface area contributed by atoms with E-state index in [1.807, 2.05) is 19.9 Å². The second-order valence-electron chi connectivity index (χ2n) is 4.65. The number of hydrogen-bond donors (Lipinski definition) is 1. The van der Waals surface area contributed by atoms with Crippen molar-refractivity contribution in [1.29, 1.82) is 5.26 Å². The molecular weight excluding hydrogens is 286 g/mol. The lowest BCUT2D eigenvalue weighted by molar-refractivity contribution is -0.116. The summed E-state index contributed by atoms with van der Waals surface area (Å²) < 4.78 is 1.62. The fourth-order valence-electron chi connectivity index (χ4n) is 1.91. The maximum absolute atomic E-state index is 11.9. The summed E-state index contributed by atoms with van der Waals surface area (Å²) in [5.41, 5.74) is 2.10. The molecule has 0 spiro atoms. The van der Waals surface area contributed by atoms with Crippen LogP contribution in [0.25, 0.3) is 0 Å². The van der Waals surface area contributed by atoms with E-state index in [0.29, 0.717) is 17.8 Å². The van der Waals surface area contributed by atoms with Gasteiger partial charge in [0.2, 0.25) is 5.91 Å². The first-order chi connectivity index (χ1) is 10.0. The molecule has 0 aliphatic carbocycles. The van der Waals surface area contributed by atoms with Gasteiger partial charge in [0.25, 0.3) is 0 Å². The first-order valence-electron chi connectivity index (χ1n) is 6.48. The fraction of sp³-hybridized carbons (Fsp3) is 0.267. The molecule has 1 N–H and O–H groups in total. The molecule has 1 aromatic carbocycles. The molecule has 108 valence electrons. The molecule has 0 aliphatic heterocycles. The highest BCUT2D eigenvalue weighted by Crippen LogP contribution is 2.11. The summed E-state index contributed by atoms with van der Waals surface area (Å²) >= 11 is 1.20. The molecule has 0 saturated carbocycles. The Morgan fingerprint density at radius 1 is 1.33 bits per heavy atom. The van der Waals surface area contributed by atoms with Crippen molar-refractivity contribution >= 4 is 22.9 Å². The minimum absolute atomic E-state index is 0.0313. The van der Waals surface area contributed by atoms with Gasteiger partial charge in [-0.1, -0.05) is 11.3 Å². The Labute approximate surface area is 126 Å². The van der Waals surface area contributed by atoms with Gasteiger partial charge in [-0.05, 0) is 38.1 Å². The molecule has 6 heteroatoms. The van der Waals surface area contributed by atoms with E-state index in [-0.39, 0.29) is 17.2 Å². The third-order valence-electron chi connectivity index (χ3n) is 3.24. The number of anilines is 1. The highest BCUT2D eigenvalue weighted by Gasteiger charge is 2.09. The monoisotopic (exact) mass is 301 g/mol. The molecule has 0 fully saturated rings. The van der Waals surface area contributed by atoms with E-state index in [0.717, 1.165) is 10.6 Å². The van der Waals surface area contributed by atoms with Gasteiger partial charge in [0.1, 0.15) is 0 Å². The van der Waals surface area contributed by atoms with Crippen LogP contribution in [0.15, 0.2) is 29.1 Å². The number of nitrogens with one attached hydrogen (secondary N) is 1. The van der Waals surface area contributed by atoms with Crippen molar-refractivity contribution in [3.8, 4) is 6.07 Å². The molecule has 1 aromatic heterocycles. The van der Waals surface area contributed by atoms with Crippen LogP contribution in [0.5, 0.6) is 0 Å². The summed E-state index contributed by atoms with van der Waals surface area (Å²) in [6, 6.07) is 8.68. The van der Waals surface area contributed by atoms with Crippen LogP contribution in [0.3, 0.4) is 0 Å². The largest absolute Gasteiger partial charge is 0.326 e. The third-order valence-corrected chi connectivity index (χ3v) is 4.23. The number of aromatic nitrogens is 1. The summed E-state index contributed by atoms with van der Waals surface area (Å²) in [7, 11) is 0. The van der Waals surface area contributed by atoms with Crippen molar-refractivity contribution < 1.29 is 4.79 Å². The van der Waals surface area contributed by atoms with Crippen LogP contribution >= 0.6 is 11.3 Å². The maximum Gasteiger partial charge on any atom is 0.307 e. The molecule has 0 radical (unpaired) electrons. The lowest BCUT2D eigenvalue weighted by atomic mass is 10.2. The van der Waals surface area contributed by atoms with Gasteiger partial charge >= 0.3 is 4.87 Å². The van der Waals surface area contributed by atoms with Gasteiger partial charge in [0.15, 0.2) is 0 Å². The number of carbonyl (C=O) groups is 1. The average Bonchev–Trinajstić information content (AvgIpc) is 2.71. The summed E-state index contributed by atoms with van der Waals surface area (Å²) in [6.45, 7) is 4.15. The van der Waals surface area contributed by atoms with Crippen LogP contribution in [0, 0.1) is 25.2 Å². The van der Waals surface area contributed by atoms with Gasteiger partial charge in [0, 0.05) is 29.2 Å². The van der Waals surface area contributed by atoms with Crippen molar-refractivity contribution in [2.24, 2.45) is 0 Å². The zero-order valence-corrected chi connectivity index (χ0v) is 12.7. The molecule has 0 saturated heterocycles. The first-order valence-corrected chi connectivity index (χ1v) is 7.29. The maximum atomic E-state index is 11.9. The summed E-state index contributed by atoms with van der Waals surface area (Å²) in [4.78, 5) is 24.6. The smallest absolute Gasteiger partial charge is 0.307 e. The second-order valence-corrected chi connectivity index (χ2v) is 5.81. The van der Waals surface area contributed by atoms with Gasteiger partial charge in [0.05, 0.1) is 11.6 Å². The molecule has 0 bridgehead atoms. The quantitative estimate of drug-likeness (QED) is 0.942. The van der Waals surface area contributed by atoms with Crippen LogP contribution in [-0.4, -0.2) is 10.5 Å². The zero-order valence-electron chi connectivity index (χ0n) is 11.8. The van der Waals surface area contributed by atoms with E-state index in [4.69, 9.17) is 5.26 Å². The van der Waals surface area contributed by atoms with Gasteiger partial charge in [-0.2, -0.15) is 5.26 Å². The lowest BCUT2D eigenvalue weighted by Gasteiger charge is -2.07. The highest BCUT2D eigenvalue weighted by atomic mass is 32.1. The number of benzene rings is 1. The van der Waals surface area contributed by atoms with Crippen LogP contribution in [0.2, 0.25) is 0 Å². The number of amides is 1. The number of hydrogen-bond acceptors (Lipinski definition) is 4. The molecule has 2 rings (SSSR count).